The monoisotopic (exact) mass is 1610 g/mol. The fourth-order valence-electron chi connectivity index (χ4n) is 24.0. The molecule has 0 bridgehead atoms. The molecule has 127 heavy (non-hydrogen) atoms. The molecule has 3 heteroatoms. The Labute approximate surface area is 739 Å². The zero-order valence-corrected chi connectivity index (χ0v) is 70.8. The first kappa shape index (κ1) is 72.9. The molecule has 21 aromatic rings. The lowest BCUT2D eigenvalue weighted by Gasteiger charge is -2.45. The molecule has 0 saturated heterocycles. The second-order valence-corrected chi connectivity index (χ2v) is 36.3. The van der Waals surface area contributed by atoms with Crippen molar-refractivity contribution < 1.29 is 0 Å². The van der Waals surface area contributed by atoms with Gasteiger partial charge in [-0.3, -0.25) is 9.97 Å². The van der Waals surface area contributed by atoms with E-state index >= 15 is 0 Å². The fourth-order valence-corrected chi connectivity index (χ4v) is 24.0. The normalized spacial score (nSPS) is 14.4. The minimum absolute atomic E-state index is 0.0730. The minimum atomic E-state index is -0.491. The number of nitrogens with zero attached hydrogens (tertiary/aromatic N) is 3. The number of anilines is 3. The Morgan fingerprint density at radius 2 is 0.441 bits per heavy atom. The van der Waals surface area contributed by atoms with Crippen molar-refractivity contribution in [2.24, 2.45) is 0 Å². The highest BCUT2D eigenvalue weighted by atomic mass is 15.2. The van der Waals surface area contributed by atoms with Gasteiger partial charge in [0.05, 0.1) is 33.6 Å². The fraction of sp³-hybridized carbons (Fsp3) is 0.0645. The van der Waals surface area contributed by atoms with Gasteiger partial charge in [0.15, 0.2) is 0 Å². The maximum absolute atomic E-state index is 5.29. The summed E-state index contributed by atoms with van der Waals surface area (Å²) in [6.07, 6.45) is 4.18. The number of rotatable bonds is 7. The molecule has 27 rings (SSSR count). The van der Waals surface area contributed by atoms with Crippen LogP contribution in [0.25, 0.3) is 166 Å². The quantitative estimate of drug-likeness (QED) is 0.149. The van der Waals surface area contributed by atoms with Crippen LogP contribution in [0, 0.1) is 0 Å². The summed E-state index contributed by atoms with van der Waals surface area (Å²) < 4.78 is 0. The van der Waals surface area contributed by atoms with E-state index in [-0.39, 0.29) is 16.2 Å². The van der Waals surface area contributed by atoms with Crippen molar-refractivity contribution in [3.63, 3.8) is 0 Å². The summed E-state index contributed by atoms with van der Waals surface area (Å²) in [7, 11) is 0. The molecule has 3 heterocycles. The van der Waals surface area contributed by atoms with Crippen LogP contribution in [-0.2, 0) is 21.7 Å². The van der Waals surface area contributed by atoms with E-state index in [0.29, 0.717) is 0 Å². The van der Waals surface area contributed by atoms with Crippen LogP contribution in [0.4, 0.5) is 17.1 Å². The van der Waals surface area contributed by atoms with Gasteiger partial charge >= 0.3 is 0 Å². The van der Waals surface area contributed by atoms with Crippen molar-refractivity contribution in [1.82, 2.24) is 9.97 Å². The van der Waals surface area contributed by atoms with Gasteiger partial charge in [0.2, 0.25) is 0 Å². The van der Waals surface area contributed by atoms with Crippen LogP contribution in [-0.4, -0.2) is 9.97 Å². The summed E-state index contributed by atoms with van der Waals surface area (Å²) in [6, 6.07) is 156. The number of benzene rings is 19. The zero-order chi connectivity index (χ0) is 84.2. The first-order valence-electron chi connectivity index (χ1n) is 44.6. The Hall–Kier alpha value is -15.7. The predicted octanol–water partition coefficient (Wildman–Crippen LogP) is 31.9. The predicted molar refractivity (Wildman–Crippen MR) is 528 cm³/mol. The highest BCUT2D eigenvalue weighted by molar-refractivity contribution is 6.23. The zero-order valence-electron chi connectivity index (χ0n) is 70.8. The molecule has 0 radical (unpaired) electrons. The summed E-state index contributed by atoms with van der Waals surface area (Å²) in [5, 5.41) is 9.93. The number of hydrogen-bond donors (Lipinski definition) is 0. The van der Waals surface area contributed by atoms with Gasteiger partial charge in [-0.1, -0.05) is 386 Å². The molecular formula is C124H83N3. The van der Waals surface area contributed by atoms with Crippen molar-refractivity contribution in [2.75, 3.05) is 4.90 Å². The third-order valence-corrected chi connectivity index (χ3v) is 29.5. The van der Waals surface area contributed by atoms with E-state index in [9.17, 15) is 0 Å². The van der Waals surface area contributed by atoms with Crippen molar-refractivity contribution in [3.05, 3.63) is 498 Å². The van der Waals surface area contributed by atoms with E-state index < -0.39 is 5.41 Å². The second-order valence-electron chi connectivity index (χ2n) is 36.3. The van der Waals surface area contributed by atoms with Crippen LogP contribution >= 0.6 is 0 Å². The molecule has 0 fully saturated rings. The van der Waals surface area contributed by atoms with Gasteiger partial charge in [-0.2, -0.15) is 0 Å². The molecule has 594 valence electrons. The van der Waals surface area contributed by atoms with E-state index in [4.69, 9.17) is 9.97 Å². The van der Waals surface area contributed by atoms with Crippen molar-refractivity contribution in [1.29, 1.82) is 0 Å². The highest BCUT2D eigenvalue weighted by Gasteiger charge is 2.54. The molecule has 0 amide bonds. The summed E-state index contributed by atoms with van der Waals surface area (Å²) in [5.41, 5.74) is 45.7. The number of hydrogen-bond acceptors (Lipinski definition) is 3. The third kappa shape index (κ3) is 10.2. The van der Waals surface area contributed by atoms with Gasteiger partial charge in [0.25, 0.3) is 0 Å². The molecule has 0 saturated carbocycles. The Morgan fingerprint density at radius 3 is 0.827 bits per heavy atom. The largest absolute Gasteiger partial charge is 0.310 e. The average Bonchev–Trinajstić information content (AvgIpc) is 1.54. The molecule has 6 aliphatic rings. The molecule has 5 aliphatic carbocycles. The standard InChI is InChI=1S/C65H44N2.C59H39N/c1-64(2)53-26-12-10-20-45(53)47-35-32-42(39-58(47)64)62-48-22-6-8-24-50(48)63(51-25-9-7-23-49(51)62)43-34-37-59(66-40-43)41-33-36-55-52(38-41)46-21-11-13-27-54(46)65(55)56-28-14-16-30-60(56)67(44-18-4-3-5-19-44)61-31-17-15-29-57(61)65;1-58(2)49-23-11-7-15-39(49)43-31-28-37(34-53(43)58)56-45-19-3-5-21-47(45)57(48-22-6-4-20-46(48)56)38-29-32-55(60-35-38)36-27-30-44-42-18-10-14-26-52(42)59(54(44)33-36)50-24-12-8-16-40(50)41-17-9-13-25-51(41)59/h3-40H,1-2H3;3-35H,1-2H3. The van der Waals surface area contributed by atoms with Crippen molar-refractivity contribution in [3.8, 4) is 123 Å². The molecule has 1 aliphatic heterocycles. The van der Waals surface area contributed by atoms with E-state index in [0.717, 1.165) is 39.3 Å². The second kappa shape index (κ2) is 27.4. The van der Waals surface area contributed by atoms with Gasteiger partial charge in [0.1, 0.15) is 0 Å². The lowest BCUT2D eigenvalue weighted by atomic mass is 9.64. The van der Waals surface area contributed by atoms with E-state index in [1.165, 1.54) is 210 Å². The van der Waals surface area contributed by atoms with Crippen LogP contribution < -0.4 is 4.90 Å². The molecule has 19 aromatic carbocycles. The SMILES string of the molecule is CC1(C)c2ccccc2-c2ccc(-c3c4ccccc4c(-c4ccc(-c5ccc6c(c5)-c5ccccc5C65c6ccccc6N(c6ccccc6)c6ccccc65)nc4)c4ccccc34)cc21.CC1(C)c2ccccc2-c2ccc(-c3c4ccccc4c(-c4ccc(-c5ccc6c(c5)C5(c7ccccc7-c7ccccc75)c5ccccc5-6)nc4)c4ccccc34)cc21. The number of para-hydroxylation sites is 3. The first-order chi connectivity index (χ1) is 62.5. The Balaban J connectivity index is 0.000000136. The van der Waals surface area contributed by atoms with Gasteiger partial charge in [-0.05, 0) is 260 Å². The highest BCUT2D eigenvalue weighted by Crippen LogP contribution is 2.66. The molecule has 2 spiro atoms. The average molecular weight is 1620 g/mol. The summed E-state index contributed by atoms with van der Waals surface area (Å²) in [6.45, 7) is 9.46. The van der Waals surface area contributed by atoms with Crippen LogP contribution in [0.1, 0.15) is 94.5 Å². The smallest absolute Gasteiger partial charge is 0.0754 e. The topological polar surface area (TPSA) is 29.0 Å². The molecule has 0 atom stereocenters. The summed E-state index contributed by atoms with van der Waals surface area (Å²) >= 11 is 0. The molecule has 3 nitrogen and oxygen atoms in total. The van der Waals surface area contributed by atoms with Crippen LogP contribution in [0.3, 0.4) is 0 Å². The Bertz CT molecular complexity index is 8040. The maximum atomic E-state index is 5.29. The van der Waals surface area contributed by atoms with Crippen molar-refractivity contribution >= 4 is 60.2 Å². The van der Waals surface area contributed by atoms with Crippen LogP contribution in [0.2, 0.25) is 0 Å². The maximum Gasteiger partial charge on any atom is 0.0754 e. The molecule has 0 N–H and O–H groups in total. The van der Waals surface area contributed by atoms with Gasteiger partial charge in [0, 0.05) is 51.2 Å². The molecule has 2 aromatic heterocycles. The van der Waals surface area contributed by atoms with Crippen LogP contribution in [0.5, 0.6) is 0 Å². The van der Waals surface area contributed by atoms with Gasteiger partial charge in [-0.25, -0.2) is 0 Å². The Morgan fingerprint density at radius 1 is 0.181 bits per heavy atom. The summed E-state index contributed by atoms with van der Waals surface area (Å²) in [4.78, 5) is 13.0. The summed E-state index contributed by atoms with van der Waals surface area (Å²) in [5.74, 6) is 0. The van der Waals surface area contributed by atoms with E-state index in [2.05, 4.69) is 464 Å². The Kier molecular flexibility index (Phi) is 15.7. The number of fused-ring (bicyclic) bond motifs is 29. The lowest BCUT2D eigenvalue weighted by Crippen LogP contribution is -2.36. The first-order valence-corrected chi connectivity index (χ1v) is 44.6. The molecule has 0 unspecified atom stereocenters. The van der Waals surface area contributed by atoms with Gasteiger partial charge in [-0.15, -0.1) is 0 Å². The molecular weight excluding hydrogens is 1530 g/mol. The van der Waals surface area contributed by atoms with E-state index in [1.54, 1.807) is 0 Å². The third-order valence-electron chi connectivity index (χ3n) is 29.5. The van der Waals surface area contributed by atoms with Crippen LogP contribution in [0.15, 0.2) is 431 Å². The van der Waals surface area contributed by atoms with Crippen molar-refractivity contribution in [2.45, 2.75) is 49.4 Å². The number of pyridine rings is 2. The number of aromatic nitrogens is 2. The van der Waals surface area contributed by atoms with Gasteiger partial charge < -0.3 is 4.90 Å². The van der Waals surface area contributed by atoms with E-state index in [1.807, 2.05) is 0 Å². The lowest BCUT2D eigenvalue weighted by molar-refractivity contribution is 0.660. The minimum Gasteiger partial charge on any atom is -0.310 e.